The van der Waals surface area contributed by atoms with E-state index in [1.165, 1.54) is 0 Å². The summed E-state index contributed by atoms with van der Waals surface area (Å²) in [5.74, 6) is 1.21. The molecule has 2 aromatic rings. The minimum atomic E-state index is -0.154. The highest BCUT2D eigenvalue weighted by molar-refractivity contribution is 5.96. The summed E-state index contributed by atoms with van der Waals surface area (Å²) in [6.45, 7) is 0.459. The number of hydrogen-bond donors (Lipinski definition) is 1. The summed E-state index contributed by atoms with van der Waals surface area (Å²) >= 11 is 0. The molecule has 4 nitrogen and oxygen atoms in total. The normalized spacial score (nSPS) is 9.90. The van der Waals surface area contributed by atoms with Crippen LogP contribution in [-0.4, -0.2) is 20.1 Å². The van der Waals surface area contributed by atoms with E-state index >= 15 is 0 Å². The van der Waals surface area contributed by atoms with Crippen molar-refractivity contribution < 1.29 is 14.3 Å². The second kappa shape index (κ2) is 6.61. The Labute approximate surface area is 118 Å². The van der Waals surface area contributed by atoms with Gasteiger partial charge in [-0.25, -0.2) is 0 Å². The lowest BCUT2D eigenvalue weighted by molar-refractivity contribution is 0.0948. The van der Waals surface area contributed by atoms with Gasteiger partial charge in [0.05, 0.1) is 19.8 Å². The third-order valence-electron chi connectivity index (χ3n) is 2.96. The Morgan fingerprint density at radius 1 is 1.00 bits per heavy atom. The van der Waals surface area contributed by atoms with Crippen molar-refractivity contribution in [2.75, 3.05) is 14.2 Å². The van der Waals surface area contributed by atoms with E-state index in [-0.39, 0.29) is 5.91 Å². The van der Waals surface area contributed by atoms with Crippen molar-refractivity contribution in [3.63, 3.8) is 0 Å². The summed E-state index contributed by atoms with van der Waals surface area (Å²) in [6.07, 6.45) is 0. The Balaban J connectivity index is 2.01. The first kappa shape index (κ1) is 13.9. The van der Waals surface area contributed by atoms with Crippen LogP contribution < -0.4 is 14.8 Å². The van der Waals surface area contributed by atoms with Crippen molar-refractivity contribution in [1.29, 1.82) is 0 Å². The fraction of sp³-hybridized carbons (Fsp3) is 0.188. The van der Waals surface area contributed by atoms with Crippen LogP contribution in [-0.2, 0) is 6.54 Å². The molecule has 0 aliphatic heterocycles. The van der Waals surface area contributed by atoms with Gasteiger partial charge in [0.25, 0.3) is 5.91 Å². The number of para-hydroxylation sites is 1. The molecule has 1 N–H and O–H groups in total. The van der Waals surface area contributed by atoms with E-state index in [4.69, 9.17) is 9.47 Å². The van der Waals surface area contributed by atoms with Crippen molar-refractivity contribution in [2.24, 2.45) is 0 Å². The maximum atomic E-state index is 12.1. The molecular weight excluding hydrogens is 254 g/mol. The third kappa shape index (κ3) is 3.29. The van der Waals surface area contributed by atoms with Gasteiger partial charge in [-0.15, -0.1) is 0 Å². The van der Waals surface area contributed by atoms with Crippen LogP contribution in [0.2, 0.25) is 0 Å². The van der Waals surface area contributed by atoms with Crippen LogP contribution in [0.3, 0.4) is 0 Å². The first-order valence-electron chi connectivity index (χ1n) is 6.28. The second-order valence-electron chi connectivity index (χ2n) is 4.23. The van der Waals surface area contributed by atoms with Crippen LogP contribution in [0.15, 0.2) is 48.5 Å². The number of ether oxygens (including phenoxy) is 2. The number of amides is 1. The monoisotopic (exact) mass is 271 g/mol. The summed E-state index contributed by atoms with van der Waals surface area (Å²) in [5, 5.41) is 2.87. The average molecular weight is 271 g/mol. The Morgan fingerprint density at radius 3 is 2.35 bits per heavy atom. The number of carbonyl (C=O) groups is 1. The molecule has 20 heavy (non-hydrogen) atoms. The van der Waals surface area contributed by atoms with E-state index in [9.17, 15) is 4.79 Å². The van der Waals surface area contributed by atoms with Gasteiger partial charge in [0.15, 0.2) is 0 Å². The molecule has 4 heteroatoms. The Kier molecular flexibility index (Phi) is 4.60. The lowest BCUT2D eigenvalue weighted by atomic mass is 10.1. The van der Waals surface area contributed by atoms with Crippen LogP contribution in [0, 0.1) is 0 Å². The predicted molar refractivity (Wildman–Crippen MR) is 77.2 cm³/mol. The van der Waals surface area contributed by atoms with Crippen LogP contribution in [0.1, 0.15) is 15.9 Å². The summed E-state index contributed by atoms with van der Waals surface area (Å²) in [5.41, 5.74) is 1.54. The van der Waals surface area contributed by atoms with Crippen molar-refractivity contribution in [2.45, 2.75) is 6.54 Å². The fourth-order valence-electron chi connectivity index (χ4n) is 1.85. The van der Waals surface area contributed by atoms with Gasteiger partial charge in [-0.1, -0.05) is 24.3 Å². The van der Waals surface area contributed by atoms with Crippen LogP contribution in [0.4, 0.5) is 0 Å². The van der Waals surface area contributed by atoms with Gasteiger partial charge < -0.3 is 14.8 Å². The molecule has 0 spiro atoms. The SMILES string of the molecule is COc1ccc(CNC(=O)c2ccccc2OC)cc1. The smallest absolute Gasteiger partial charge is 0.255 e. The van der Waals surface area contributed by atoms with E-state index in [1.807, 2.05) is 36.4 Å². The van der Waals surface area contributed by atoms with Crippen molar-refractivity contribution in [3.8, 4) is 11.5 Å². The minimum absolute atomic E-state index is 0.154. The topological polar surface area (TPSA) is 47.6 Å². The maximum Gasteiger partial charge on any atom is 0.255 e. The zero-order chi connectivity index (χ0) is 14.4. The first-order chi connectivity index (χ1) is 9.74. The zero-order valence-electron chi connectivity index (χ0n) is 11.6. The van der Waals surface area contributed by atoms with Gasteiger partial charge >= 0.3 is 0 Å². The number of methoxy groups -OCH3 is 2. The molecule has 0 aliphatic carbocycles. The van der Waals surface area contributed by atoms with Crippen LogP contribution in [0.25, 0.3) is 0 Å². The van der Waals surface area contributed by atoms with Crippen molar-refractivity contribution in [1.82, 2.24) is 5.32 Å². The fourth-order valence-corrected chi connectivity index (χ4v) is 1.85. The number of carbonyl (C=O) groups excluding carboxylic acids is 1. The maximum absolute atomic E-state index is 12.1. The van der Waals surface area contributed by atoms with E-state index in [1.54, 1.807) is 26.4 Å². The summed E-state index contributed by atoms with van der Waals surface area (Å²) in [7, 11) is 3.17. The Bertz CT molecular complexity index is 579. The molecule has 0 fully saturated rings. The molecule has 104 valence electrons. The summed E-state index contributed by atoms with van der Waals surface area (Å²) in [6, 6.07) is 14.7. The lowest BCUT2D eigenvalue weighted by Crippen LogP contribution is -2.23. The molecule has 0 saturated heterocycles. The van der Waals surface area contributed by atoms with Gasteiger partial charge in [0.1, 0.15) is 11.5 Å². The first-order valence-corrected chi connectivity index (χ1v) is 6.28. The molecule has 2 aromatic carbocycles. The molecule has 0 unspecified atom stereocenters. The third-order valence-corrected chi connectivity index (χ3v) is 2.96. The van der Waals surface area contributed by atoms with Crippen LogP contribution in [0.5, 0.6) is 11.5 Å². The van der Waals surface area contributed by atoms with Gasteiger partial charge in [0, 0.05) is 6.54 Å². The van der Waals surface area contributed by atoms with Crippen molar-refractivity contribution in [3.05, 3.63) is 59.7 Å². The Hall–Kier alpha value is -2.49. The van der Waals surface area contributed by atoms with E-state index in [2.05, 4.69) is 5.32 Å². The number of nitrogens with one attached hydrogen (secondary N) is 1. The molecule has 0 aliphatic rings. The Morgan fingerprint density at radius 2 is 1.70 bits per heavy atom. The largest absolute Gasteiger partial charge is 0.497 e. The minimum Gasteiger partial charge on any atom is -0.497 e. The summed E-state index contributed by atoms with van der Waals surface area (Å²) in [4.78, 5) is 12.1. The van der Waals surface area contributed by atoms with Crippen LogP contribution >= 0.6 is 0 Å². The quantitative estimate of drug-likeness (QED) is 0.909. The molecule has 1 amide bonds. The zero-order valence-corrected chi connectivity index (χ0v) is 11.6. The summed E-state index contributed by atoms with van der Waals surface area (Å²) < 4.78 is 10.3. The van der Waals surface area contributed by atoms with Gasteiger partial charge in [-0.05, 0) is 29.8 Å². The predicted octanol–water partition coefficient (Wildman–Crippen LogP) is 2.63. The molecule has 0 heterocycles. The average Bonchev–Trinajstić information content (AvgIpc) is 2.53. The van der Waals surface area contributed by atoms with E-state index < -0.39 is 0 Å². The number of benzene rings is 2. The highest BCUT2D eigenvalue weighted by atomic mass is 16.5. The van der Waals surface area contributed by atoms with Gasteiger partial charge in [-0.2, -0.15) is 0 Å². The second-order valence-corrected chi connectivity index (χ2v) is 4.23. The molecular formula is C16H17NO3. The standard InChI is InChI=1S/C16H17NO3/c1-19-13-9-7-12(8-10-13)11-17-16(18)14-5-3-4-6-15(14)20-2/h3-10H,11H2,1-2H3,(H,17,18). The molecule has 0 bridgehead atoms. The van der Waals surface area contributed by atoms with Gasteiger partial charge in [0.2, 0.25) is 0 Å². The lowest BCUT2D eigenvalue weighted by Gasteiger charge is -2.09. The number of hydrogen-bond acceptors (Lipinski definition) is 3. The number of rotatable bonds is 5. The molecule has 0 radical (unpaired) electrons. The van der Waals surface area contributed by atoms with Crippen molar-refractivity contribution >= 4 is 5.91 Å². The van der Waals surface area contributed by atoms with Gasteiger partial charge in [-0.3, -0.25) is 4.79 Å². The molecule has 2 rings (SSSR count). The molecule has 0 aromatic heterocycles. The highest BCUT2D eigenvalue weighted by Crippen LogP contribution is 2.17. The van der Waals surface area contributed by atoms with E-state index in [0.717, 1.165) is 11.3 Å². The van der Waals surface area contributed by atoms with E-state index in [0.29, 0.717) is 17.9 Å². The molecule has 0 atom stereocenters. The molecule has 0 saturated carbocycles. The highest BCUT2D eigenvalue weighted by Gasteiger charge is 2.10.